The van der Waals surface area contributed by atoms with Crippen LogP contribution < -0.4 is 10.6 Å². The van der Waals surface area contributed by atoms with E-state index < -0.39 is 35.8 Å². The molecule has 3 rings (SSSR count). The minimum absolute atomic E-state index is 0.00297. The fourth-order valence-electron chi connectivity index (χ4n) is 5.83. The molecule has 1 saturated carbocycles. The van der Waals surface area contributed by atoms with Crippen molar-refractivity contribution >= 4 is 23.9 Å². The molecule has 2 N–H and O–H groups in total. The topological polar surface area (TPSA) is 114 Å². The van der Waals surface area contributed by atoms with Gasteiger partial charge < -0.3 is 25.0 Å². The van der Waals surface area contributed by atoms with E-state index in [9.17, 15) is 19.2 Å². The molecule has 2 aliphatic heterocycles. The first-order valence-corrected chi connectivity index (χ1v) is 13.7. The zero-order valence-electron chi connectivity index (χ0n) is 23.3. The Balaban J connectivity index is 1.86. The third-order valence-electron chi connectivity index (χ3n) is 7.95. The third kappa shape index (κ3) is 7.26. The predicted octanol–water partition coefficient (Wildman–Crippen LogP) is 3.71. The van der Waals surface area contributed by atoms with E-state index >= 15 is 0 Å². The normalized spacial score (nSPS) is 30.9. The Kier molecular flexibility index (Phi) is 9.29. The van der Waals surface area contributed by atoms with Crippen LogP contribution in [0.25, 0.3) is 0 Å². The van der Waals surface area contributed by atoms with Crippen molar-refractivity contribution in [3.63, 3.8) is 0 Å². The molecule has 0 aromatic rings. The number of carbonyl (C=O) groups is 4. The number of alkyl carbamates (subject to hydrolysis) is 1. The summed E-state index contributed by atoms with van der Waals surface area (Å²) in [5.74, 6) is -0.885. The molecule has 2 fully saturated rings. The number of rotatable bonds is 2. The molecule has 0 radical (unpaired) electrons. The fraction of sp³-hybridized carbons (Fsp3) is 0.786. The molecule has 0 spiro atoms. The van der Waals surface area contributed by atoms with E-state index in [0.29, 0.717) is 19.4 Å². The number of methoxy groups -OCH3 is 1. The molecule has 0 aromatic heterocycles. The SMILES string of the molecule is COC(=O)[C@@H]1CCCCC=CCCCC[C@H](NC(=O)OC(C)(C)C)C(=O)N2C[C@H]3[C@@H]([C@H]2C(=O)N1)C3(C)C. The van der Waals surface area contributed by atoms with E-state index in [1.54, 1.807) is 25.7 Å². The number of esters is 1. The van der Waals surface area contributed by atoms with Gasteiger partial charge in [-0.2, -0.15) is 0 Å². The lowest BCUT2D eigenvalue weighted by Crippen LogP contribution is -2.57. The zero-order valence-corrected chi connectivity index (χ0v) is 23.3. The van der Waals surface area contributed by atoms with Gasteiger partial charge in [0.1, 0.15) is 23.7 Å². The number of nitrogens with zero attached hydrogens (tertiary/aromatic N) is 1. The Hall–Kier alpha value is -2.58. The summed E-state index contributed by atoms with van der Waals surface area (Å²) >= 11 is 0. The Morgan fingerprint density at radius 1 is 1.05 bits per heavy atom. The van der Waals surface area contributed by atoms with Crippen LogP contribution in [0.4, 0.5) is 4.79 Å². The first-order valence-electron chi connectivity index (χ1n) is 13.7. The van der Waals surface area contributed by atoms with Crippen LogP contribution in [0.15, 0.2) is 12.2 Å². The highest BCUT2D eigenvalue weighted by atomic mass is 16.6. The highest BCUT2D eigenvalue weighted by Crippen LogP contribution is 2.64. The summed E-state index contributed by atoms with van der Waals surface area (Å²) in [6.45, 7) is 10.00. The molecule has 3 aliphatic rings. The summed E-state index contributed by atoms with van der Waals surface area (Å²) in [6, 6.07) is -2.24. The molecule has 1 saturated heterocycles. The molecule has 3 amide bonds. The fourth-order valence-corrected chi connectivity index (χ4v) is 5.83. The van der Waals surface area contributed by atoms with Crippen molar-refractivity contribution in [3.05, 3.63) is 12.2 Å². The number of amides is 3. The molecule has 37 heavy (non-hydrogen) atoms. The van der Waals surface area contributed by atoms with Gasteiger partial charge in [-0.05, 0) is 76.5 Å². The molecule has 9 heteroatoms. The van der Waals surface area contributed by atoms with Gasteiger partial charge in [0.2, 0.25) is 11.8 Å². The van der Waals surface area contributed by atoms with Crippen molar-refractivity contribution < 1.29 is 28.7 Å². The highest BCUT2D eigenvalue weighted by molar-refractivity contribution is 5.94. The molecular formula is C28H45N3O6. The van der Waals surface area contributed by atoms with Gasteiger partial charge in [0, 0.05) is 6.54 Å². The maximum atomic E-state index is 13.8. The monoisotopic (exact) mass is 519 g/mol. The van der Waals surface area contributed by atoms with Crippen LogP contribution >= 0.6 is 0 Å². The van der Waals surface area contributed by atoms with Crippen LogP contribution in [0.5, 0.6) is 0 Å². The standard InChI is InChI=1S/C28H45N3O6/c1-27(2,3)37-26(35)30-19-15-13-11-9-7-8-10-12-14-16-20(25(34)36-6)29-23(32)22-21-18(28(21,4)5)17-31(22)24(19)33/h7-8,18-22H,9-17H2,1-6H3,(H,29,32)(H,30,35)/t18-,19-,20-,21-,22-/m0/s1. The quantitative estimate of drug-likeness (QED) is 0.425. The molecule has 0 aromatic carbocycles. The van der Waals surface area contributed by atoms with Crippen LogP contribution in [-0.2, 0) is 23.9 Å². The molecular weight excluding hydrogens is 474 g/mol. The maximum absolute atomic E-state index is 13.8. The number of fused-ring (bicyclic) bond motifs is 3. The molecule has 2 heterocycles. The number of allylic oxidation sites excluding steroid dienone is 2. The second kappa shape index (κ2) is 11.9. The van der Waals surface area contributed by atoms with Gasteiger partial charge in [0.15, 0.2) is 0 Å². The summed E-state index contributed by atoms with van der Waals surface area (Å²) in [4.78, 5) is 54.2. The van der Waals surface area contributed by atoms with Gasteiger partial charge >= 0.3 is 12.1 Å². The number of hydrogen-bond donors (Lipinski definition) is 2. The number of carbonyl (C=O) groups excluding carboxylic acids is 4. The minimum atomic E-state index is -0.790. The Bertz CT molecular complexity index is 893. The molecule has 9 nitrogen and oxygen atoms in total. The van der Waals surface area contributed by atoms with E-state index in [0.717, 1.165) is 38.5 Å². The second-order valence-corrected chi connectivity index (χ2v) is 12.2. The van der Waals surface area contributed by atoms with Crippen LogP contribution in [0.3, 0.4) is 0 Å². The smallest absolute Gasteiger partial charge is 0.408 e. The van der Waals surface area contributed by atoms with Crippen LogP contribution in [0.1, 0.15) is 86.0 Å². The lowest BCUT2D eigenvalue weighted by molar-refractivity contribution is -0.147. The average molecular weight is 520 g/mol. The van der Waals surface area contributed by atoms with E-state index in [1.165, 1.54) is 7.11 Å². The van der Waals surface area contributed by atoms with E-state index in [-0.39, 0.29) is 29.1 Å². The highest BCUT2D eigenvalue weighted by Gasteiger charge is 2.69. The summed E-state index contributed by atoms with van der Waals surface area (Å²) < 4.78 is 10.4. The first kappa shape index (κ1) is 29.0. The average Bonchev–Trinajstić information content (AvgIpc) is 3.15. The van der Waals surface area contributed by atoms with Crippen LogP contribution in [0.2, 0.25) is 0 Å². The second-order valence-electron chi connectivity index (χ2n) is 12.2. The van der Waals surface area contributed by atoms with Crippen LogP contribution in [0, 0.1) is 17.3 Å². The van der Waals surface area contributed by atoms with Gasteiger partial charge in [-0.1, -0.05) is 38.8 Å². The molecule has 0 unspecified atom stereocenters. The van der Waals surface area contributed by atoms with E-state index in [4.69, 9.17) is 9.47 Å². The van der Waals surface area contributed by atoms with E-state index in [2.05, 4.69) is 36.6 Å². The van der Waals surface area contributed by atoms with Crippen LogP contribution in [-0.4, -0.2) is 66.2 Å². The van der Waals surface area contributed by atoms with Gasteiger partial charge in [-0.25, -0.2) is 9.59 Å². The lowest BCUT2D eigenvalue weighted by atomic mass is 9.98. The van der Waals surface area contributed by atoms with E-state index in [1.807, 2.05) is 0 Å². The minimum Gasteiger partial charge on any atom is -0.467 e. The van der Waals surface area contributed by atoms with Crippen molar-refractivity contribution in [3.8, 4) is 0 Å². The number of hydrogen-bond acceptors (Lipinski definition) is 6. The first-order chi connectivity index (χ1) is 17.4. The van der Waals surface area contributed by atoms with Crippen molar-refractivity contribution in [2.75, 3.05) is 13.7 Å². The Morgan fingerprint density at radius 3 is 2.27 bits per heavy atom. The number of piperidine rings is 1. The van der Waals surface area contributed by atoms with Gasteiger partial charge in [-0.3, -0.25) is 9.59 Å². The summed E-state index contributed by atoms with van der Waals surface area (Å²) in [5.41, 5.74) is -0.766. The molecule has 1 aliphatic carbocycles. The molecule has 5 atom stereocenters. The summed E-state index contributed by atoms with van der Waals surface area (Å²) in [6.07, 6.45) is 9.69. The summed E-state index contributed by atoms with van der Waals surface area (Å²) in [5, 5.41) is 5.67. The van der Waals surface area contributed by atoms with Crippen molar-refractivity contribution in [1.29, 1.82) is 0 Å². The largest absolute Gasteiger partial charge is 0.467 e. The van der Waals surface area contributed by atoms with Gasteiger partial charge in [0.25, 0.3) is 0 Å². The predicted molar refractivity (Wildman–Crippen MR) is 139 cm³/mol. The van der Waals surface area contributed by atoms with Gasteiger partial charge in [0.05, 0.1) is 7.11 Å². The number of nitrogens with one attached hydrogen (secondary N) is 2. The third-order valence-corrected chi connectivity index (χ3v) is 7.95. The van der Waals surface area contributed by atoms with Crippen molar-refractivity contribution in [2.45, 2.75) is 110 Å². The Morgan fingerprint density at radius 2 is 1.68 bits per heavy atom. The van der Waals surface area contributed by atoms with Crippen molar-refractivity contribution in [2.24, 2.45) is 17.3 Å². The molecule has 208 valence electrons. The zero-order chi connectivity index (χ0) is 27.4. The number of ether oxygens (including phenoxy) is 2. The summed E-state index contributed by atoms with van der Waals surface area (Å²) in [7, 11) is 1.32. The maximum Gasteiger partial charge on any atom is 0.408 e. The van der Waals surface area contributed by atoms with Crippen molar-refractivity contribution in [1.82, 2.24) is 15.5 Å². The molecule has 0 bridgehead atoms. The lowest BCUT2D eigenvalue weighted by Gasteiger charge is -2.34. The Labute approximate surface area is 221 Å². The van der Waals surface area contributed by atoms with Gasteiger partial charge in [-0.15, -0.1) is 0 Å².